The molecule has 1 aromatic carbocycles. The molecule has 1 aromatic rings. The standard InChI is InChI=1S/C12H12N2O2/c1-8-6-11(14-13-8)9-4-3-5-10(7-9)12(15)16-2/h3-5,7H,6H2,1-2H3. The topological polar surface area (TPSA) is 51.0 Å². The third-order valence-corrected chi connectivity index (χ3v) is 2.38. The molecule has 4 nitrogen and oxygen atoms in total. The molecule has 0 saturated heterocycles. The van der Waals surface area contributed by atoms with Crippen molar-refractivity contribution in [3.63, 3.8) is 0 Å². The quantitative estimate of drug-likeness (QED) is 0.710. The highest BCUT2D eigenvalue weighted by molar-refractivity contribution is 6.14. The molecule has 16 heavy (non-hydrogen) atoms. The molecule has 0 spiro atoms. The summed E-state index contributed by atoms with van der Waals surface area (Å²) in [6.45, 7) is 1.93. The third kappa shape index (κ3) is 2.00. The lowest BCUT2D eigenvalue weighted by Crippen LogP contribution is -2.05. The summed E-state index contributed by atoms with van der Waals surface area (Å²) in [4.78, 5) is 11.4. The zero-order valence-electron chi connectivity index (χ0n) is 9.23. The number of ether oxygens (including phenoxy) is 1. The molecule has 0 aromatic heterocycles. The summed E-state index contributed by atoms with van der Waals surface area (Å²) in [6, 6.07) is 7.23. The van der Waals surface area contributed by atoms with Crippen LogP contribution in [0.15, 0.2) is 34.5 Å². The van der Waals surface area contributed by atoms with Gasteiger partial charge in [-0.2, -0.15) is 10.2 Å². The summed E-state index contributed by atoms with van der Waals surface area (Å²) in [5, 5.41) is 8.04. The molecule has 0 fully saturated rings. The molecule has 0 radical (unpaired) electrons. The molecule has 0 atom stereocenters. The van der Waals surface area contributed by atoms with Crippen molar-refractivity contribution in [3.05, 3.63) is 35.4 Å². The van der Waals surface area contributed by atoms with Crippen LogP contribution < -0.4 is 0 Å². The zero-order valence-corrected chi connectivity index (χ0v) is 9.23. The van der Waals surface area contributed by atoms with E-state index in [0.29, 0.717) is 5.56 Å². The predicted octanol–water partition coefficient (Wildman–Crippen LogP) is 2.04. The first-order chi connectivity index (χ1) is 7.70. The van der Waals surface area contributed by atoms with Gasteiger partial charge in [-0.05, 0) is 24.6 Å². The van der Waals surface area contributed by atoms with Gasteiger partial charge < -0.3 is 4.74 Å². The van der Waals surface area contributed by atoms with Gasteiger partial charge in [0.1, 0.15) is 0 Å². The number of carbonyl (C=O) groups excluding carboxylic acids is 1. The first-order valence-electron chi connectivity index (χ1n) is 4.99. The van der Waals surface area contributed by atoms with E-state index in [1.165, 1.54) is 7.11 Å². The Morgan fingerprint density at radius 2 is 2.19 bits per heavy atom. The Hall–Kier alpha value is -1.97. The lowest BCUT2D eigenvalue weighted by molar-refractivity contribution is 0.0600. The van der Waals surface area contributed by atoms with Gasteiger partial charge in [0.15, 0.2) is 0 Å². The van der Waals surface area contributed by atoms with Crippen LogP contribution in [0.4, 0.5) is 0 Å². The summed E-state index contributed by atoms with van der Waals surface area (Å²) in [7, 11) is 1.37. The van der Waals surface area contributed by atoms with E-state index in [9.17, 15) is 4.79 Å². The van der Waals surface area contributed by atoms with Crippen molar-refractivity contribution in [2.75, 3.05) is 7.11 Å². The van der Waals surface area contributed by atoms with E-state index in [2.05, 4.69) is 14.9 Å². The van der Waals surface area contributed by atoms with Crippen molar-refractivity contribution in [3.8, 4) is 0 Å². The number of hydrogen-bond donors (Lipinski definition) is 0. The molecule has 1 aliphatic heterocycles. The van der Waals surface area contributed by atoms with E-state index in [-0.39, 0.29) is 5.97 Å². The van der Waals surface area contributed by atoms with Crippen LogP contribution in [0.5, 0.6) is 0 Å². The molecule has 0 bridgehead atoms. The van der Waals surface area contributed by atoms with Gasteiger partial charge in [0, 0.05) is 12.1 Å². The molecule has 2 rings (SSSR count). The highest BCUT2D eigenvalue weighted by Gasteiger charge is 2.13. The predicted molar refractivity (Wildman–Crippen MR) is 62.0 cm³/mol. The fourth-order valence-corrected chi connectivity index (χ4v) is 1.56. The first kappa shape index (κ1) is 10.5. The molecular formula is C12H12N2O2. The van der Waals surface area contributed by atoms with Crippen LogP contribution in [0.25, 0.3) is 0 Å². The summed E-state index contributed by atoms with van der Waals surface area (Å²) in [5.74, 6) is -0.335. The van der Waals surface area contributed by atoms with Crippen molar-refractivity contribution in [1.29, 1.82) is 0 Å². The van der Waals surface area contributed by atoms with E-state index >= 15 is 0 Å². The zero-order chi connectivity index (χ0) is 11.5. The SMILES string of the molecule is COC(=O)c1cccc(C2=NN=C(C)C2)c1. The van der Waals surface area contributed by atoms with Crippen LogP contribution in [0, 0.1) is 0 Å². The van der Waals surface area contributed by atoms with Crippen molar-refractivity contribution in [2.45, 2.75) is 13.3 Å². The molecule has 0 aliphatic carbocycles. The van der Waals surface area contributed by atoms with Crippen molar-refractivity contribution < 1.29 is 9.53 Å². The van der Waals surface area contributed by atoms with Crippen LogP contribution in [-0.2, 0) is 4.74 Å². The van der Waals surface area contributed by atoms with Gasteiger partial charge in [-0.25, -0.2) is 4.79 Å². The minimum absolute atomic E-state index is 0.335. The maximum Gasteiger partial charge on any atom is 0.337 e. The Bertz CT molecular complexity index is 490. The Morgan fingerprint density at radius 1 is 1.38 bits per heavy atom. The number of methoxy groups -OCH3 is 1. The fourth-order valence-electron chi connectivity index (χ4n) is 1.56. The first-order valence-corrected chi connectivity index (χ1v) is 4.99. The van der Waals surface area contributed by atoms with Crippen LogP contribution in [0.3, 0.4) is 0 Å². The summed E-state index contributed by atoms with van der Waals surface area (Å²) in [5.41, 5.74) is 3.33. The van der Waals surface area contributed by atoms with Crippen LogP contribution in [0.1, 0.15) is 29.3 Å². The van der Waals surface area contributed by atoms with Gasteiger partial charge in [0.2, 0.25) is 0 Å². The number of nitrogens with zero attached hydrogens (tertiary/aromatic N) is 2. The van der Waals surface area contributed by atoms with E-state index in [1.54, 1.807) is 12.1 Å². The number of benzene rings is 1. The number of hydrogen-bond acceptors (Lipinski definition) is 4. The maximum atomic E-state index is 11.4. The molecule has 0 saturated carbocycles. The van der Waals surface area contributed by atoms with Gasteiger partial charge in [-0.15, -0.1) is 0 Å². The smallest absolute Gasteiger partial charge is 0.337 e. The van der Waals surface area contributed by atoms with Gasteiger partial charge in [0.05, 0.1) is 18.4 Å². The summed E-state index contributed by atoms with van der Waals surface area (Å²) < 4.78 is 4.67. The van der Waals surface area contributed by atoms with Crippen LogP contribution in [-0.4, -0.2) is 24.5 Å². The minimum Gasteiger partial charge on any atom is -0.465 e. The second kappa shape index (κ2) is 4.26. The van der Waals surface area contributed by atoms with Crippen molar-refractivity contribution >= 4 is 17.4 Å². The molecule has 1 aliphatic rings. The Labute approximate surface area is 93.7 Å². The monoisotopic (exact) mass is 216 g/mol. The second-order valence-electron chi connectivity index (χ2n) is 3.63. The third-order valence-electron chi connectivity index (χ3n) is 2.38. The van der Waals surface area contributed by atoms with Gasteiger partial charge in [0.25, 0.3) is 0 Å². The summed E-state index contributed by atoms with van der Waals surface area (Å²) in [6.07, 6.45) is 0.741. The molecule has 0 unspecified atom stereocenters. The Kier molecular flexibility index (Phi) is 2.81. The number of esters is 1. The lowest BCUT2D eigenvalue weighted by atomic mass is 10.0. The van der Waals surface area contributed by atoms with Crippen LogP contribution in [0.2, 0.25) is 0 Å². The molecular weight excluding hydrogens is 204 g/mol. The Balaban J connectivity index is 2.27. The molecule has 82 valence electrons. The van der Waals surface area contributed by atoms with Gasteiger partial charge >= 0.3 is 5.97 Å². The Morgan fingerprint density at radius 3 is 2.81 bits per heavy atom. The van der Waals surface area contributed by atoms with E-state index in [4.69, 9.17) is 0 Å². The number of rotatable bonds is 2. The van der Waals surface area contributed by atoms with E-state index in [0.717, 1.165) is 23.4 Å². The molecule has 1 heterocycles. The fraction of sp³-hybridized carbons (Fsp3) is 0.250. The molecule has 0 N–H and O–H groups in total. The largest absolute Gasteiger partial charge is 0.465 e. The second-order valence-corrected chi connectivity index (χ2v) is 3.63. The summed E-state index contributed by atoms with van der Waals surface area (Å²) >= 11 is 0. The van der Waals surface area contributed by atoms with Gasteiger partial charge in [-0.3, -0.25) is 0 Å². The van der Waals surface area contributed by atoms with Crippen molar-refractivity contribution in [2.24, 2.45) is 10.2 Å². The average Bonchev–Trinajstić information content (AvgIpc) is 2.75. The minimum atomic E-state index is -0.335. The number of carbonyl (C=O) groups is 1. The lowest BCUT2D eigenvalue weighted by Gasteiger charge is -2.03. The molecule has 4 heteroatoms. The average molecular weight is 216 g/mol. The maximum absolute atomic E-state index is 11.4. The van der Waals surface area contributed by atoms with E-state index < -0.39 is 0 Å². The highest BCUT2D eigenvalue weighted by atomic mass is 16.5. The van der Waals surface area contributed by atoms with Gasteiger partial charge in [-0.1, -0.05) is 12.1 Å². The normalized spacial score (nSPS) is 14.4. The van der Waals surface area contributed by atoms with Crippen LogP contribution >= 0.6 is 0 Å². The molecule has 0 amide bonds. The van der Waals surface area contributed by atoms with Crippen molar-refractivity contribution in [1.82, 2.24) is 0 Å². The van der Waals surface area contributed by atoms with E-state index in [1.807, 2.05) is 19.1 Å². The highest BCUT2D eigenvalue weighted by Crippen LogP contribution is 2.13.